The van der Waals surface area contributed by atoms with Crippen LogP contribution in [0.1, 0.15) is 18.4 Å². The normalized spacial score (nSPS) is 10.5. The van der Waals surface area contributed by atoms with E-state index < -0.39 is 0 Å². The molecule has 1 aromatic carbocycles. The molecule has 1 nitrogen and oxygen atoms in total. The monoisotopic (exact) mass is 244 g/mol. The Morgan fingerprint density at radius 3 is 2.53 bits per heavy atom. The predicted octanol–water partition coefficient (Wildman–Crippen LogP) is 3.94. The second-order valence-corrected chi connectivity index (χ2v) is 4.76. The number of methoxy groups -OCH3 is 1. The Bertz CT molecular complexity index is 261. The fourth-order valence-corrected chi connectivity index (χ4v) is 2.30. The van der Waals surface area contributed by atoms with Crippen molar-refractivity contribution in [1.82, 2.24) is 0 Å². The van der Waals surface area contributed by atoms with Gasteiger partial charge in [0.1, 0.15) is 0 Å². The molecule has 15 heavy (non-hydrogen) atoms. The van der Waals surface area contributed by atoms with E-state index in [1.165, 1.54) is 16.9 Å². The van der Waals surface area contributed by atoms with Gasteiger partial charge in [-0.1, -0.05) is 12.1 Å². The minimum atomic E-state index is 0.596. The van der Waals surface area contributed by atoms with Gasteiger partial charge in [0.2, 0.25) is 0 Å². The van der Waals surface area contributed by atoms with Crippen molar-refractivity contribution >= 4 is 23.4 Å². The SMILES string of the molecule is COCCCCSc1ccc(CCl)cc1. The number of thioether (sulfide) groups is 1. The van der Waals surface area contributed by atoms with Gasteiger partial charge >= 0.3 is 0 Å². The molecule has 0 aliphatic rings. The lowest BCUT2D eigenvalue weighted by molar-refractivity contribution is 0.194. The predicted molar refractivity (Wildman–Crippen MR) is 67.8 cm³/mol. The Labute approximate surface area is 101 Å². The zero-order chi connectivity index (χ0) is 10.9. The van der Waals surface area contributed by atoms with Crippen molar-refractivity contribution in [2.75, 3.05) is 19.5 Å². The van der Waals surface area contributed by atoms with Gasteiger partial charge in [0, 0.05) is 24.5 Å². The quantitative estimate of drug-likeness (QED) is 0.408. The van der Waals surface area contributed by atoms with Crippen LogP contribution in [0.4, 0.5) is 0 Å². The summed E-state index contributed by atoms with van der Waals surface area (Å²) in [7, 11) is 1.75. The Balaban J connectivity index is 2.20. The van der Waals surface area contributed by atoms with E-state index >= 15 is 0 Å². The van der Waals surface area contributed by atoms with Crippen LogP contribution in [0.5, 0.6) is 0 Å². The zero-order valence-electron chi connectivity index (χ0n) is 9.04. The van der Waals surface area contributed by atoms with E-state index in [4.69, 9.17) is 16.3 Å². The van der Waals surface area contributed by atoms with Crippen molar-refractivity contribution in [3.63, 3.8) is 0 Å². The molecule has 0 saturated carbocycles. The van der Waals surface area contributed by atoms with Gasteiger partial charge < -0.3 is 4.74 Å². The van der Waals surface area contributed by atoms with E-state index in [0.29, 0.717) is 5.88 Å². The number of rotatable bonds is 7. The summed E-state index contributed by atoms with van der Waals surface area (Å²) in [6.07, 6.45) is 2.35. The molecule has 1 aromatic rings. The highest BCUT2D eigenvalue weighted by Gasteiger charge is 1.95. The average molecular weight is 245 g/mol. The smallest absolute Gasteiger partial charge is 0.0474 e. The lowest BCUT2D eigenvalue weighted by atomic mass is 10.2. The lowest BCUT2D eigenvalue weighted by Crippen LogP contribution is -1.89. The van der Waals surface area contributed by atoms with Gasteiger partial charge in [0.15, 0.2) is 0 Å². The van der Waals surface area contributed by atoms with Crippen LogP contribution in [0.15, 0.2) is 29.2 Å². The molecule has 0 bridgehead atoms. The number of hydrogen-bond acceptors (Lipinski definition) is 2. The van der Waals surface area contributed by atoms with Gasteiger partial charge in [-0.3, -0.25) is 0 Å². The highest BCUT2D eigenvalue weighted by Crippen LogP contribution is 2.20. The third kappa shape index (κ3) is 5.45. The van der Waals surface area contributed by atoms with Crippen molar-refractivity contribution in [2.24, 2.45) is 0 Å². The zero-order valence-corrected chi connectivity index (χ0v) is 10.6. The van der Waals surface area contributed by atoms with Crippen LogP contribution in [-0.2, 0) is 10.6 Å². The summed E-state index contributed by atoms with van der Waals surface area (Å²) in [5.41, 5.74) is 1.18. The minimum absolute atomic E-state index is 0.596. The van der Waals surface area contributed by atoms with Crippen molar-refractivity contribution in [1.29, 1.82) is 0 Å². The molecule has 3 heteroatoms. The number of benzene rings is 1. The molecule has 0 unspecified atom stereocenters. The summed E-state index contributed by atoms with van der Waals surface area (Å²) < 4.78 is 5.00. The van der Waals surface area contributed by atoms with Gasteiger partial charge in [0.25, 0.3) is 0 Å². The van der Waals surface area contributed by atoms with Crippen molar-refractivity contribution in [2.45, 2.75) is 23.6 Å². The molecular formula is C12H17ClOS. The maximum absolute atomic E-state index is 5.72. The molecule has 84 valence electrons. The molecule has 0 amide bonds. The molecule has 0 aromatic heterocycles. The van der Waals surface area contributed by atoms with E-state index in [0.717, 1.165) is 18.8 Å². The summed E-state index contributed by atoms with van der Waals surface area (Å²) in [6, 6.07) is 8.45. The largest absolute Gasteiger partial charge is 0.385 e. The first-order chi connectivity index (χ1) is 7.36. The van der Waals surface area contributed by atoms with Crippen molar-refractivity contribution in [3.8, 4) is 0 Å². The number of halogens is 1. The van der Waals surface area contributed by atoms with Crippen molar-refractivity contribution in [3.05, 3.63) is 29.8 Å². The van der Waals surface area contributed by atoms with Crippen LogP contribution in [0.3, 0.4) is 0 Å². The average Bonchev–Trinajstić information content (AvgIpc) is 2.30. The number of unbranched alkanes of at least 4 members (excludes halogenated alkanes) is 1. The second-order valence-electron chi connectivity index (χ2n) is 3.33. The van der Waals surface area contributed by atoms with Crippen LogP contribution >= 0.6 is 23.4 Å². The topological polar surface area (TPSA) is 9.23 Å². The molecule has 0 heterocycles. The molecule has 0 aliphatic heterocycles. The van der Waals surface area contributed by atoms with Crippen LogP contribution in [0, 0.1) is 0 Å². The fraction of sp³-hybridized carbons (Fsp3) is 0.500. The van der Waals surface area contributed by atoms with Gasteiger partial charge in [-0.2, -0.15) is 0 Å². The molecule has 0 fully saturated rings. The summed E-state index contributed by atoms with van der Waals surface area (Å²) in [5.74, 6) is 1.75. The molecule has 0 aliphatic carbocycles. The summed E-state index contributed by atoms with van der Waals surface area (Å²) >= 11 is 7.61. The summed E-state index contributed by atoms with van der Waals surface area (Å²) in [5, 5.41) is 0. The maximum Gasteiger partial charge on any atom is 0.0474 e. The van der Waals surface area contributed by atoms with E-state index in [1.54, 1.807) is 7.11 Å². The first kappa shape index (κ1) is 12.9. The Morgan fingerprint density at radius 2 is 1.93 bits per heavy atom. The third-order valence-corrected chi connectivity index (χ3v) is 3.50. The molecular weight excluding hydrogens is 228 g/mol. The second kappa shape index (κ2) is 8.03. The van der Waals surface area contributed by atoms with Gasteiger partial charge in [-0.05, 0) is 36.3 Å². The number of alkyl halides is 1. The molecule has 1 rings (SSSR count). The van der Waals surface area contributed by atoms with Gasteiger partial charge in [-0.15, -0.1) is 23.4 Å². The van der Waals surface area contributed by atoms with Crippen LogP contribution < -0.4 is 0 Å². The van der Waals surface area contributed by atoms with Gasteiger partial charge in [0.05, 0.1) is 0 Å². The minimum Gasteiger partial charge on any atom is -0.385 e. The first-order valence-electron chi connectivity index (χ1n) is 5.13. The first-order valence-corrected chi connectivity index (χ1v) is 6.65. The summed E-state index contributed by atoms with van der Waals surface area (Å²) in [4.78, 5) is 1.32. The van der Waals surface area contributed by atoms with E-state index in [9.17, 15) is 0 Å². The van der Waals surface area contributed by atoms with E-state index in [1.807, 2.05) is 11.8 Å². The third-order valence-electron chi connectivity index (χ3n) is 2.09. The molecule has 0 saturated heterocycles. The van der Waals surface area contributed by atoms with Gasteiger partial charge in [-0.25, -0.2) is 0 Å². The summed E-state index contributed by atoms with van der Waals surface area (Å²) in [6.45, 7) is 0.867. The van der Waals surface area contributed by atoms with E-state index in [2.05, 4.69) is 24.3 Å². The van der Waals surface area contributed by atoms with Crippen LogP contribution in [0.25, 0.3) is 0 Å². The highest BCUT2D eigenvalue weighted by atomic mass is 35.5. The molecule has 0 N–H and O–H groups in total. The Morgan fingerprint density at radius 1 is 1.20 bits per heavy atom. The number of ether oxygens (including phenoxy) is 1. The molecule has 0 atom stereocenters. The standard InChI is InChI=1S/C12H17ClOS/c1-14-8-2-3-9-15-12-6-4-11(10-13)5-7-12/h4-7H,2-3,8-10H2,1H3. The number of hydrogen-bond donors (Lipinski definition) is 0. The molecule has 0 radical (unpaired) electrons. The Hall–Kier alpha value is -0.180. The van der Waals surface area contributed by atoms with Crippen LogP contribution in [0.2, 0.25) is 0 Å². The lowest BCUT2D eigenvalue weighted by Gasteiger charge is -2.02. The Kier molecular flexibility index (Phi) is 6.90. The van der Waals surface area contributed by atoms with Crippen LogP contribution in [-0.4, -0.2) is 19.5 Å². The van der Waals surface area contributed by atoms with E-state index in [-0.39, 0.29) is 0 Å². The van der Waals surface area contributed by atoms with Crippen molar-refractivity contribution < 1.29 is 4.74 Å². The highest BCUT2D eigenvalue weighted by molar-refractivity contribution is 7.99. The maximum atomic E-state index is 5.72. The molecule has 0 spiro atoms. The fourth-order valence-electron chi connectivity index (χ4n) is 1.21.